The highest BCUT2D eigenvalue weighted by atomic mass is 32.2. The van der Waals surface area contributed by atoms with Crippen LogP contribution in [0.5, 0.6) is 0 Å². The van der Waals surface area contributed by atoms with E-state index in [4.69, 9.17) is 4.18 Å². The zero-order valence-corrected chi connectivity index (χ0v) is 16.6. The van der Waals surface area contributed by atoms with Gasteiger partial charge in [-0.1, -0.05) is 48.9 Å². The Morgan fingerprint density at radius 2 is 1.85 bits per heavy atom. The molecular formula is C22H26O4S. The maximum absolute atomic E-state index is 12.4. The van der Waals surface area contributed by atoms with Crippen LogP contribution in [0.2, 0.25) is 0 Å². The zero-order valence-electron chi connectivity index (χ0n) is 15.8. The molecule has 0 aromatic heterocycles. The molecule has 0 heterocycles. The molecule has 4 rings (SSSR count). The van der Waals surface area contributed by atoms with Crippen LogP contribution in [0.25, 0.3) is 0 Å². The first kappa shape index (κ1) is 18.7. The Hall–Kier alpha value is -1.69. The second-order valence-electron chi connectivity index (χ2n) is 8.26. The number of hydrogen-bond donors (Lipinski definition) is 1. The molecule has 2 aromatic carbocycles. The Balaban J connectivity index is 1.44. The van der Waals surface area contributed by atoms with Gasteiger partial charge in [0.2, 0.25) is 0 Å². The lowest BCUT2D eigenvalue weighted by molar-refractivity contribution is -0.105. The first-order valence-electron chi connectivity index (χ1n) is 9.48. The SMILES string of the molecule is Cc1ccc(S(=O)(=O)OCC[C@H]2C[C@]3(C)c4ccccc4C[C@]23CO)cc1. The normalized spacial score (nSPS) is 29.1. The average molecular weight is 387 g/mol. The third-order valence-electron chi connectivity index (χ3n) is 6.95. The van der Waals surface area contributed by atoms with Crippen LogP contribution in [0.1, 0.15) is 36.5 Å². The molecule has 2 aliphatic rings. The molecule has 144 valence electrons. The van der Waals surface area contributed by atoms with Gasteiger partial charge in [0.1, 0.15) is 0 Å². The standard InChI is InChI=1S/C22H26O4S/c1-16-7-9-19(10-8-16)27(24,25)26-12-11-18-14-21(2)20-6-4-3-5-17(20)13-22(18,21)15-23/h3-10,18,23H,11-15H2,1-2H3/t18-,21+,22-/m0/s1. The molecule has 0 spiro atoms. The van der Waals surface area contributed by atoms with Crippen LogP contribution >= 0.6 is 0 Å². The Kier molecular flexibility index (Phi) is 4.45. The molecule has 0 unspecified atom stereocenters. The van der Waals surface area contributed by atoms with Crippen molar-refractivity contribution >= 4 is 10.1 Å². The van der Waals surface area contributed by atoms with Gasteiger partial charge < -0.3 is 5.11 Å². The van der Waals surface area contributed by atoms with Gasteiger partial charge in [0.05, 0.1) is 18.1 Å². The highest BCUT2D eigenvalue weighted by Crippen LogP contribution is 2.68. The summed E-state index contributed by atoms with van der Waals surface area (Å²) in [4.78, 5) is 0.191. The minimum absolute atomic E-state index is 0.0289. The van der Waals surface area contributed by atoms with Crippen LogP contribution in [0.15, 0.2) is 53.4 Å². The van der Waals surface area contributed by atoms with Gasteiger partial charge >= 0.3 is 0 Å². The van der Waals surface area contributed by atoms with E-state index in [0.29, 0.717) is 6.42 Å². The van der Waals surface area contributed by atoms with Crippen molar-refractivity contribution in [3.8, 4) is 0 Å². The highest BCUT2D eigenvalue weighted by molar-refractivity contribution is 7.86. The van der Waals surface area contributed by atoms with Gasteiger partial charge in [-0.3, -0.25) is 4.18 Å². The lowest BCUT2D eigenvalue weighted by Crippen LogP contribution is -2.59. The minimum Gasteiger partial charge on any atom is -0.396 e. The van der Waals surface area contributed by atoms with E-state index < -0.39 is 10.1 Å². The van der Waals surface area contributed by atoms with E-state index >= 15 is 0 Å². The quantitative estimate of drug-likeness (QED) is 0.771. The van der Waals surface area contributed by atoms with Gasteiger partial charge in [-0.25, -0.2) is 0 Å². The summed E-state index contributed by atoms with van der Waals surface area (Å²) in [6, 6.07) is 15.1. The maximum Gasteiger partial charge on any atom is 0.296 e. The number of hydrogen-bond acceptors (Lipinski definition) is 4. The Morgan fingerprint density at radius 3 is 2.56 bits per heavy atom. The minimum atomic E-state index is -3.74. The molecular weight excluding hydrogens is 360 g/mol. The van der Waals surface area contributed by atoms with Crippen molar-refractivity contribution in [3.05, 3.63) is 65.2 Å². The number of aliphatic hydroxyl groups is 1. The molecule has 0 saturated heterocycles. The van der Waals surface area contributed by atoms with Crippen molar-refractivity contribution in [1.82, 2.24) is 0 Å². The highest BCUT2D eigenvalue weighted by Gasteiger charge is 2.66. The van der Waals surface area contributed by atoms with Crippen molar-refractivity contribution in [3.63, 3.8) is 0 Å². The monoisotopic (exact) mass is 386 g/mol. The number of aryl methyl sites for hydroxylation is 1. The van der Waals surface area contributed by atoms with Crippen LogP contribution in [0, 0.1) is 18.3 Å². The summed E-state index contributed by atoms with van der Waals surface area (Å²) >= 11 is 0. The molecule has 0 amide bonds. The predicted molar refractivity (Wildman–Crippen MR) is 104 cm³/mol. The summed E-state index contributed by atoms with van der Waals surface area (Å²) in [6.45, 7) is 4.41. The summed E-state index contributed by atoms with van der Waals surface area (Å²) < 4.78 is 30.1. The summed E-state index contributed by atoms with van der Waals surface area (Å²) in [6.07, 6.45) is 2.44. The molecule has 1 fully saturated rings. The molecule has 0 bridgehead atoms. The largest absolute Gasteiger partial charge is 0.396 e. The lowest BCUT2D eigenvalue weighted by atomic mass is 9.44. The van der Waals surface area contributed by atoms with E-state index in [1.807, 2.05) is 13.0 Å². The summed E-state index contributed by atoms with van der Waals surface area (Å²) in [5, 5.41) is 10.3. The van der Waals surface area contributed by atoms with Gasteiger partial charge in [-0.2, -0.15) is 8.42 Å². The first-order valence-corrected chi connectivity index (χ1v) is 10.9. The van der Waals surface area contributed by atoms with Crippen LogP contribution in [-0.4, -0.2) is 26.7 Å². The van der Waals surface area contributed by atoms with Gasteiger partial charge in [-0.15, -0.1) is 0 Å². The number of rotatable bonds is 6. The van der Waals surface area contributed by atoms with Crippen molar-refractivity contribution < 1.29 is 17.7 Å². The fourth-order valence-electron chi connectivity index (χ4n) is 5.29. The fraction of sp³-hybridized carbons (Fsp3) is 0.455. The molecule has 1 N–H and O–H groups in total. The Morgan fingerprint density at radius 1 is 1.15 bits per heavy atom. The molecule has 27 heavy (non-hydrogen) atoms. The van der Waals surface area contributed by atoms with Crippen molar-refractivity contribution in [2.75, 3.05) is 13.2 Å². The molecule has 0 aliphatic heterocycles. The summed E-state index contributed by atoms with van der Waals surface area (Å²) in [5.41, 5.74) is 3.42. The second kappa shape index (κ2) is 6.43. The molecule has 0 radical (unpaired) electrons. The maximum atomic E-state index is 12.4. The summed E-state index contributed by atoms with van der Waals surface area (Å²) in [7, 11) is -3.74. The average Bonchev–Trinajstić information content (AvgIpc) is 2.84. The molecule has 2 aromatic rings. The second-order valence-corrected chi connectivity index (χ2v) is 9.87. The van der Waals surface area contributed by atoms with Crippen LogP contribution in [-0.2, 0) is 26.1 Å². The van der Waals surface area contributed by atoms with E-state index in [1.54, 1.807) is 24.3 Å². The first-order chi connectivity index (χ1) is 12.8. The van der Waals surface area contributed by atoms with Gasteiger partial charge in [0.15, 0.2) is 0 Å². The van der Waals surface area contributed by atoms with Crippen LogP contribution < -0.4 is 0 Å². The van der Waals surface area contributed by atoms with Gasteiger partial charge in [0, 0.05) is 10.8 Å². The molecule has 1 saturated carbocycles. The van der Waals surface area contributed by atoms with E-state index in [0.717, 1.165) is 18.4 Å². The Bertz CT molecular complexity index is 951. The van der Waals surface area contributed by atoms with Crippen LogP contribution in [0.3, 0.4) is 0 Å². The van der Waals surface area contributed by atoms with Crippen molar-refractivity contribution in [2.45, 2.75) is 43.4 Å². The van der Waals surface area contributed by atoms with E-state index in [9.17, 15) is 13.5 Å². The topological polar surface area (TPSA) is 63.6 Å². The number of benzene rings is 2. The molecule has 2 aliphatic carbocycles. The van der Waals surface area contributed by atoms with E-state index in [1.165, 1.54) is 11.1 Å². The lowest BCUT2D eigenvalue weighted by Gasteiger charge is -2.60. The molecule has 4 nitrogen and oxygen atoms in total. The summed E-state index contributed by atoms with van der Waals surface area (Å²) in [5.74, 6) is 0.258. The van der Waals surface area contributed by atoms with E-state index in [-0.39, 0.29) is 34.9 Å². The third-order valence-corrected chi connectivity index (χ3v) is 8.28. The van der Waals surface area contributed by atoms with Crippen molar-refractivity contribution in [1.29, 1.82) is 0 Å². The predicted octanol–water partition coefficient (Wildman–Crippen LogP) is 3.60. The molecule has 5 heteroatoms. The number of fused-ring (bicyclic) bond motifs is 3. The number of aliphatic hydroxyl groups excluding tert-OH is 1. The van der Waals surface area contributed by atoms with Crippen molar-refractivity contribution in [2.24, 2.45) is 11.3 Å². The smallest absolute Gasteiger partial charge is 0.296 e. The molecule has 3 atom stereocenters. The third kappa shape index (κ3) is 2.75. The van der Waals surface area contributed by atoms with Gasteiger partial charge in [-0.05, 0) is 55.4 Å². The zero-order chi connectivity index (χ0) is 19.3. The van der Waals surface area contributed by atoms with Crippen LogP contribution in [0.4, 0.5) is 0 Å². The Labute approximate surface area is 161 Å². The van der Waals surface area contributed by atoms with Gasteiger partial charge in [0.25, 0.3) is 10.1 Å². The fourth-order valence-corrected chi connectivity index (χ4v) is 6.21. The van der Waals surface area contributed by atoms with E-state index in [2.05, 4.69) is 25.1 Å².